The van der Waals surface area contributed by atoms with E-state index in [1.807, 2.05) is 4.90 Å². The second-order valence-corrected chi connectivity index (χ2v) is 9.11. The van der Waals surface area contributed by atoms with Gasteiger partial charge in [-0.15, -0.1) is 0 Å². The molecule has 2 fully saturated rings. The normalized spacial score (nSPS) is 23.7. The topological polar surface area (TPSA) is 64.7 Å². The summed E-state index contributed by atoms with van der Waals surface area (Å²) in [5.41, 5.74) is 1.53. The van der Waals surface area contributed by atoms with Gasteiger partial charge in [-0.25, -0.2) is 9.18 Å². The summed E-state index contributed by atoms with van der Waals surface area (Å²) >= 11 is 5.99. The van der Waals surface area contributed by atoms with E-state index >= 15 is 0 Å². The maximum absolute atomic E-state index is 13.5. The Bertz CT molecular complexity index is 963. The van der Waals surface area contributed by atoms with Gasteiger partial charge in [0.15, 0.2) is 0 Å². The molecule has 2 aliphatic rings. The number of nitrogens with one attached hydrogen (secondary N) is 2. The SMILES string of the molecule is CN1CCN(C(=O)[C@H]2C[C@@H](NC(=O)Nc3cccc(Cl)c3)C[C@@H]2c2ccc(F)cc2)CC1. The Kier molecular flexibility index (Phi) is 6.96. The first-order chi connectivity index (χ1) is 15.4. The molecule has 32 heavy (non-hydrogen) atoms. The van der Waals surface area contributed by atoms with Crippen LogP contribution in [0.3, 0.4) is 0 Å². The number of nitrogens with zero attached hydrogens (tertiary/aromatic N) is 2. The van der Waals surface area contributed by atoms with Crippen LogP contribution in [0.25, 0.3) is 0 Å². The lowest BCUT2D eigenvalue weighted by molar-refractivity contribution is -0.137. The van der Waals surface area contributed by atoms with Crippen LogP contribution in [0.2, 0.25) is 5.02 Å². The Balaban J connectivity index is 1.47. The van der Waals surface area contributed by atoms with Gasteiger partial charge in [0, 0.05) is 48.8 Å². The van der Waals surface area contributed by atoms with Crippen LogP contribution in [0.1, 0.15) is 24.3 Å². The third kappa shape index (κ3) is 5.40. The Morgan fingerprint density at radius 2 is 1.75 bits per heavy atom. The molecular weight excluding hydrogens is 431 g/mol. The molecule has 1 heterocycles. The predicted octanol–water partition coefficient (Wildman–Crippen LogP) is 3.94. The molecule has 8 heteroatoms. The number of halogens is 2. The number of amides is 3. The van der Waals surface area contributed by atoms with E-state index in [-0.39, 0.29) is 35.6 Å². The highest BCUT2D eigenvalue weighted by molar-refractivity contribution is 6.30. The molecule has 0 radical (unpaired) electrons. The number of benzene rings is 2. The van der Waals surface area contributed by atoms with Crippen molar-refractivity contribution in [3.63, 3.8) is 0 Å². The maximum atomic E-state index is 13.5. The van der Waals surface area contributed by atoms with E-state index in [4.69, 9.17) is 11.6 Å². The number of hydrogen-bond acceptors (Lipinski definition) is 3. The van der Waals surface area contributed by atoms with Gasteiger partial charge in [0.2, 0.25) is 5.91 Å². The molecule has 0 spiro atoms. The van der Waals surface area contributed by atoms with E-state index in [9.17, 15) is 14.0 Å². The zero-order valence-corrected chi connectivity index (χ0v) is 18.8. The Morgan fingerprint density at radius 1 is 1.03 bits per heavy atom. The van der Waals surface area contributed by atoms with Crippen molar-refractivity contribution in [1.29, 1.82) is 0 Å². The van der Waals surface area contributed by atoms with Crippen LogP contribution in [0.4, 0.5) is 14.9 Å². The van der Waals surface area contributed by atoms with Gasteiger partial charge in [0.25, 0.3) is 0 Å². The summed E-state index contributed by atoms with van der Waals surface area (Å²) in [5.74, 6) is -0.504. The summed E-state index contributed by atoms with van der Waals surface area (Å²) in [4.78, 5) is 30.1. The molecule has 1 saturated carbocycles. The highest BCUT2D eigenvalue weighted by atomic mass is 35.5. The van der Waals surface area contributed by atoms with Crippen molar-refractivity contribution in [3.8, 4) is 0 Å². The molecule has 3 atom stereocenters. The highest BCUT2D eigenvalue weighted by Gasteiger charge is 2.42. The van der Waals surface area contributed by atoms with Gasteiger partial charge < -0.3 is 20.4 Å². The largest absolute Gasteiger partial charge is 0.340 e. The van der Waals surface area contributed by atoms with Gasteiger partial charge in [-0.3, -0.25) is 4.79 Å². The summed E-state index contributed by atoms with van der Waals surface area (Å²) in [6.45, 7) is 3.11. The van der Waals surface area contributed by atoms with Crippen molar-refractivity contribution in [2.75, 3.05) is 38.5 Å². The number of hydrogen-bond donors (Lipinski definition) is 2. The molecule has 1 aliphatic heterocycles. The van der Waals surface area contributed by atoms with E-state index in [0.29, 0.717) is 36.6 Å². The van der Waals surface area contributed by atoms with Gasteiger partial charge in [0.1, 0.15) is 5.82 Å². The Morgan fingerprint density at radius 3 is 2.44 bits per heavy atom. The third-order valence-electron chi connectivity index (χ3n) is 6.41. The Labute approximate surface area is 192 Å². The second-order valence-electron chi connectivity index (χ2n) is 8.67. The van der Waals surface area contributed by atoms with Crippen LogP contribution in [0.5, 0.6) is 0 Å². The minimum Gasteiger partial charge on any atom is -0.340 e. The minimum absolute atomic E-state index is 0.0702. The van der Waals surface area contributed by atoms with Crippen LogP contribution in [0.15, 0.2) is 48.5 Å². The zero-order valence-electron chi connectivity index (χ0n) is 18.1. The molecule has 0 unspecified atom stereocenters. The van der Waals surface area contributed by atoms with Gasteiger partial charge in [0.05, 0.1) is 0 Å². The summed E-state index contributed by atoms with van der Waals surface area (Å²) in [7, 11) is 2.05. The standard InChI is InChI=1S/C24H28ClFN4O2/c1-29-9-11-30(12-10-29)23(31)22-15-20(14-21(22)16-5-7-18(26)8-6-16)28-24(32)27-19-4-2-3-17(25)13-19/h2-8,13,20-22H,9-12,14-15H2,1H3,(H2,27,28,32)/t20-,21+,22-/m0/s1. The first kappa shape index (κ1) is 22.6. The highest BCUT2D eigenvalue weighted by Crippen LogP contribution is 2.41. The first-order valence-electron chi connectivity index (χ1n) is 10.9. The third-order valence-corrected chi connectivity index (χ3v) is 6.65. The molecule has 0 bridgehead atoms. The first-order valence-corrected chi connectivity index (χ1v) is 11.3. The molecule has 2 N–H and O–H groups in total. The van der Waals surface area contributed by atoms with Crippen molar-refractivity contribution in [2.24, 2.45) is 5.92 Å². The van der Waals surface area contributed by atoms with Gasteiger partial charge in [-0.1, -0.05) is 29.8 Å². The van der Waals surface area contributed by atoms with E-state index < -0.39 is 0 Å². The van der Waals surface area contributed by atoms with E-state index in [2.05, 4.69) is 22.6 Å². The van der Waals surface area contributed by atoms with Crippen molar-refractivity contribution in [3.05, 3.63) is 64.9 Å². The smallest absolute Gasteiger partial charge is 0.319 e. The second kappa shape index (κ2) is 9.88. The fraction of sp³-hybridized carbons (Fsp3) is 0.417. The van der Waals surface area contributed by atoms with Gasteiger partial charge in [-0.05, 0) is 61.7 Å². The molecule has 3 amide bonds. The number of piperazine rings is 1. The molecular formula is C24H28ClFN4O2. The molecule has 2 aromatic rings. The zero-order chi connectivity index (χ0) is 22.7. The average molecular weight is 459 g/mol. The van der Waals surface area contributed by atoms with E-state index in [1.165, 1.54) is 12.1 Å². The van der Waals surface area contributed by atoms with Crippen LogP contribution in [-0.4, -0.2) is 61.0 Å². The van der Waals surface area contributed by atoms with Crippen LogP contribution in [0, 0.1) is 11.7 Å². The molecule has 2 aromatic carbocycles. The fourth-order valence-corrected chi connectivity index (χ4v) is 4.88. The van der Waals surface area contributed by atoms with Crippen molar-refractivity contribution < 1.29 is 14.0 Å². The quantitative estimate of drug-likeness (QED) is 0.729. The van der Waals surface area contributed by atoms with E-state index in [0.717, 1.165) is 18.7 Å². The number of rotatable bonds is 4. The summed E-state index contributed by atoms with van der Waals surface area (Å²) in [5, 5.41) is 6.35. The summed E-state index contributed by atoms with van der Waals surface area (Å²) < 4.78 is 13.5. The van der Waals surface area contributed by atoms with Crippen LogP contribution in [-0.2, 0) is 4.79 Å². The molecule has 6 nitrogen and oxygen atoms in total. The fourth-order valence-electron chi connectivity index (χ4n) is 4.69. The summed E-state index contributed by atoms with van der Waals surface area (Å²) in [6.07, 6.45) is 1.18. The van der Waals surface area contributed by atoms with Crippen molar-refractivity contribution in [1.82, 2.24) is 15.1 Å². The number of likely N-dealkylation sites (N-methyl/N-ethyl adjacent to an activating group) is 1. The van der Waals surface area contributed by atoms with Crippen molar-refractivity contribution >= 4 is 29.2 Å². The average Bonchev–Trinajstić information content (AvgIpc) is 3.17. The van der Waals surface area contributed by atoms with Crippen LogP contribution >= 0.6 is 11.6 Å². The minimum atomic E-state index is -0.331. The number of urea groups is 1. The molecule has 0 aromatic heterocycles. The monoisotopic (exact) mass is 458 g/mol. The van der Waals surface area contributed by atoms with Crippen molar-refractivity contribution in [2.45, 2.75) is 24.8 Å². The Hall–Kier alpha value is -2.64. The molecule has 1 saturated heterocycles. The lowest BCUT2D eigenvalue weighted by Gasteiger charge is -2.35. The molecule has 4 rings (SSSR count). The maximum Gasteiger partial charge on any atom is 0.319 e. The molecule has 1 aliphatic carbocycles. The van der Waals surface area contributed by atoms with Crippen LogP contribution < -0.4 is 10.6 Å². The number of carbonyl (C=O) groups is 2. The lowest BCUT2D eigenvalue weighted by Crippen LogP contribution is -2.49. The predicted molar refractivity (Wildman–Crippen MR) is 123 cm³/mol. The lowest BCUT2D eigenvalue weighted by atomic mass is 9.88. The molecule has 170 valence electrons. The number of carbonyl (C=O) groups excluding carboxylic acids is 2. The van der Waals surface area contributed by atoms with Gasteiger partial charge in [-0.2, -0.15) is 0 Å². The summed E-state index contributed by atoms with van der Waals surface area (Å²) in [6, 6.07) is 12.8. The number of anilines is 1. The van der Waals surface area contributed by atoms with E-state index in [1.54, 1.807) is 36.4 Å². The van der Waals surface area contributed by atoms with Gasteiger partial charge >= 0.3 is 6.03 Å².